The Kier molecular flexibility index (Phi) is 4.73. The molecule has 1 aromatic rings. The molecule has 1 aromatic heterocycles. The zero-order valence-corrected chi connectivity index (χ0v) is 13.2. The average Bonchev–Trinajstić information content (AvgIpc) is 2.74. The van der Waals surface area contributed by atoms with Gasteiger partial charge in [0.25, 0.3) is 0 Å². The zero-order chi connectivity index (χ0) is 14.7. The quantitative estimate of drug-likeness (QED) is 0.825. The van der Waals surface area contributed by atoms with E-state index in [9.17, 15) is 10.1 Å². The summed E-state index contributed by atoms with van der Waals surface area (Å²) < 4.78 is 0. The molecule has 1 unspecified atom stereocenters. The first kappa shape index (κ1) is 14.9. The lowest BCUT2D eigenvalue weighted by Crippen LogP contribution is -2.33. The summed E-state index contributed by atoms with van der Waals surface area (Å²) in [5, 5.41) is 16.0. The van der Waals surface area contributed by atoms with E-state index in [4.69, 9.17) is 12.2 Å². The van der Waals surface area contributed by atoms with Gasteiger partial charge in [0.2, 0.25) is 5.91 Å². The highest BCUT2D eigenvalue weighted by Gasteiger charge is 2.24. The van der Waals surface area contributed by atoms with E-state index in [0.717, 1.165) is 29.8 Å². The van der Waals surface area contributed by atoms with Gasteiger partial charge in [0.15, 0.2) is 5.11 Å². The molecule has 1 atom stereocenters. The van der Waals surface area contributed by atoms with E-state index in [2.05, 4.69) is 23.6 Å². The fourth-order valence-electron chi connectivity index (χ4n) is 2.31. The number of hydrogen-bond donors (Lipinski definition) is 2. The molecular formula is C14H17N3OS2. The molecule has 2 N–H and O–H groups in total. The maximum absolute atomic E-state index is 11.3. The van der Waals surface area contributed by atoms with Crippen molar-refractivity contribution < 1.29 is 4.79 Å². The minimum atomic E-state index is -0.129. The monoisotopic (exact) mass is 307 g/mol. The van der Waals surface area contributed by atoms with Gasteiger partial charge in [0.05, 0.1) is 5.56 Å². The van der Waals surface area contributed by atoms with Gasteiger partial charge in [-0.1, -0.05) is 13.8 Å². The van der Waals surface area contributed by atoms with Gasteiger partial charge in [0, 0.05) is 11.3 Å². The molecule has 0 fully saturated rings. The molecule has 1 aliphatic rings. The number of amides is 1. The van der Waals surface area contributed by atoms with Crippen molar-refractivity contribution in [1.29, 1.82) is 5.26 Å². The van der Waals surface area contributed by atoms with Gasteiger partial charge in [-0.3, -0.25) is 4.79 Å². The van der Waals surface area contributed by atoms with Gasteiger partial charge < -0.3 is 10.6 Å². The Hall–Kier alpha value is -1.45. The third-order valence-corrected chi connectivity index (χ3v) is 4.80. The van der Waals surface area contributed by atoms with E-state index < -0.39 is 0 Å². The summed E-state index contributed by atoms with van der Waals surface area (Å²) in [7, 11) is 0. The summed E-state index contributed by atoms with van der Waals surface area (Å²) >= 11 is 6.68. The van der Waals surface area contributed by atoms with E-state index in [-0.39, 0.29) is 11.0 Å². The Morgan fingerprint density at radius 1 is 1.60 bits per heavy atom. The van der Waals surface area contributed by atoms with Crippen LogP contribution in [0.5, 0.6) is 0 Å². The number of thiocarbonyl (C=S) groups is 1. The lowest BCUT2D eigenvalue weighted by atomic mass is 9.89. The molecule has 6 heteroatoms. The van der Waals surface area contributed by atoms with E-state index >= 15 is 0 Å². The van der Waals surface area contributed by atoms with Crippen molar-refractivity contribution in [3.05, 3.63) is 16.0 Å². The number of rotatable bonds is 2. The Balaban J connectivity index is 2.19. The highest BCUT2D eigenvalue weighted by molar-refractivity contribution is 7.80. The van der Waals surface area contributed by atoms with Crippen LogP contribution in [0.4, 0.5) is 5.00 Å². The van der Waals surface area contributed by atoms with E-state index in [1.807, 2.05) is 0 Å². The first-order valence-corrected chi connectivity index (χ1v) is 7.93. The summed E-state index contributed by atoms with van der Waals surface area (Å²) in [4.78, 5) is 12.6. The van der Waals surface area contributed by atoms with Gasteiger partial charge in [-0.25, -0.2) is 0 Å². The van der Waals surface area contributed by atoms with Gasteiger partial charge in [0.1, 0.15) is 11.1 Å². The van der Waals surface area contributed by atoms with Crippen molar-refractivity contribution in [3.63, 3.8) is 0 Å². The first-order valence-electron chi connectivity index (χ1n) is 6.70. The first-order chi connectivity index (χ1) is 9.55. The Bertz CT molecular complexity index is 586. The van der Waals surface area contributed by atoms with E-state index in [1.165, 1.54) is 4.88 Å². The van der Waals surface area contributed by atoms with Crippen LogP contribution in [0.15, 0.2) is 0 Å². The maximum Gasteiger partial charge on any atom is 0.225 e. The van der Waals surface area contributed by atoms with Gasteiger partial charge in [-0.2, -0.15) is 5.26 Å². The smallest absolute Gasteiger partial charge is 0.225 e. The lowest BCUT2D eigenvalue weighted by Gasteiger charge is -2.17. The normalized spacial score (nSPS) is 16.9. The average molecular weight is 307 g/mol. The van der Waals surface area contributed by atoms with Crippen LogP contribution in [0.2, 0.25) is 0 Å². The highest BCUT2D eigenvalue weighted by atomic mass is 32.1. The van der Waals surface area contributed by atoms with Gasteiger partial charge in [-0.15, -0.1) is 11.3 Å². The second-order valence-corrected chi connectivity index (χ2v) is 6.54. The predicted octanol–water partition coefficient (Wildman–Crippen LogP) is 2.97. The largest absolute Gasteiger partial charge is 0.323 e. The topological polar surface area (TPSA) is 64.9 Å². The molecule has 0 spiro atoms. The molecule has 1 amide bonds. The molecule has 2 rings (SSSR count). The molecular weight excluding hydrogens is 290 g/mol. The fourth-order valence-corrected chi connectivity index (χ4v) is 3.95. The molecule has 0 saturated carbocycles. The molecule has 4 nitrogen and oxygen atoms in total. The number of fused-ring (bicyclic) bond motifs is 1. The molecule has 0 radical (unpaired) electrons. The maximum atomic E-state index is 11.3. The van der Waals surface area contributed by atoms with Crippen LogP contribution in [0.3, 0.4) is 0 Å². The third kappa shape index (κ3) is 3.17. The number of carbonyl (C=O) groups is 1. The Morgan fingerprint density at radius 3 is 3.00 bits per heavy atom. The number of carbonyl (C=O) groups excluding carboxylic acids is 1. The Morgan fingerprint density at radius 2 is 2.35 bits per heavy atom. The van der Waals surface area contributed by atoms with Crippen LogP contribution < -0.4 is 10.6 Å². The number of nitrogens with zero attached hydrogens (tertiary/aromatic N) is 1. The predicted molar refractivity (Wildman–Crippen MR) is 84.9 cm³/mol. The van der Waals surface area contributed by atoms with E-state index in [1.54, 1.807) is 18.3 Å². The SMILES string of the molecule is CCC(=O)NC(=S)Nc1sc2c(c1C#N)CCC(C)C2. The van der Waals surface area contributed by atoms with Crippen molar-refractivity contribution in [2.75, 3.05) is 5.32 Å². The third-order valence-electron chi connectivity index (χ3n) is 3.42. The van der Waals surface area contributed by atoms with Crippen LogP contribution in [0, 0.1) is 17.2 Å². The number of nitriles is 1. The second-order valence-electron chi connectivity index (χ2n) is 5.02. The molecule has 0 bridgehead atoms. The van der Waals surface area contributed by atoms with Crippen molar-refractivity contribution in [3.8, 4) is 6.07 Å². The summed E-state index contributed by atoms with van der Waals surface area (Å²) in [6.07, 6.45) is 3.47. The summed E-state index contributed by atoms with van der Waals surface area (Å²) in [6.45, 7) is 4.00. The molecule has 106 valence electrons. The summed E-state index contributed by atoms with van der Waals surface area (Å²) in [5.41, 5.74) is 1.84. The number of hydrogen-bond acceptors (Lipinski definition) is 4. The van der Waals surface area contributed by atoms with E-state index in [0.29, 0.717) is 17.9 Å². The van der Waals surface area contributed by atoms with Crippen molar-refractivity contribution in [1.82, 2.24) is 5.32 Å². The molecule has 0 saturated heterocycles. The fraction of sp³-hybridized carbons (Fsp3) is 0.500. The van der Waals surface area contributed by atoms with Crippen molar-refractivity contribution in [2.24, 2.45) is 5.92 Å². The zero-order valence-electron chi connectivity index (χ0n) is 11.6. The summed E-state index contributed by atoms with van der Waals surface area (Å²) in [5.74, 6) is 0.531. The standard InChI is InChI=1S/C14H17N3OS2/c1-3-12(18)16-14(19)17-13-10(7-15)9-5-4-8(2)6-11(9)20-13/h8H,3-6H2,1-2H3,(H2,16,17,18,19). The Labute approximate surface area is 128 Å². The number of thiophene rings is 1. The number of anilines is 1. The molecule has 1 aliphatic carbocycles. The molecule has 0 aliphatic heterocycles. The molecule has 1 heterocycles. The summed E-state index contributed by atoms with van der Waals surface area (Å²) in [6, 6.07) is 2.27. The lowest BCUT2D eigenvalue weighted by molar-refractivity contribution is -0.119. The number of nitrogens with one attached hydrogen (secondary N) is 2. The van der Waals surface area contributed by atoms with Crippen LogP contribution in [-0.4, -0.2) is 11.0 Å². The minimum absolute atomic E-state index is 0.129. The van der Waals surface area contributed by atoms with Crippen LogP contribution in [-0.2, 0) is 17.6 Å². The minimum Gasteiger partial charge on any atom is -0.323 e. The van der Waals surface area contributed by atoms with Crippen LogP contribution in [0.1, 0.15) is 42.7 Å². The van der Waals surface area contributed by atoms with Crippen molar-refractivity contribution >= 4 is 39.6 Å². The molecule has 0 aromatic carbocycles. The van der Waals surface area contributed by atoms with Crippen LogP contribution >= 0.6 is 23.6 Å². The van der Waals surface area contributed by atoms with Gasteiger partial charge >= 0.3 is 0 Å². The second kappa shape index (κ2) is 6.33. The highest BCUT2D eigenvalue weighted by Crippen LogP contribution is 2.39. The molecule has 20 heavy (non-hydrogen) atoms. The van der Waals surface area contributed by atoms with Crippen molar-refractivity contribution in [2.45, 2.75) is 39.5 Å². The van der Waals surface area contributed by atoms with Gasteiger partial charge in [-0.05, 0) is 43.0 Å². The van der Waals surface area contributed by atoms with Crippen LogP contribution in [0.25, 0.3) is 0 Å².